The van der Waals surface area contributed by atoms with Gasteiger partial charge in [0.25, 0.3) is 0 Å². The maximum absolute atomic E-state index is 11.9. The molecule has 1 saturated heterocycles. The Hall–Kier alpha value is -1.99. The van der Waals surface area contributed by atoms with Crippen molar-refractivity contribution < 1.29 is 19.5 Å². The lowest BCUT2D eigenvalue weighted by atomic mass is 10.0. The average molecular weight is 286 g/mol. The van der Waals surface area contributed by atoms with Crippen LogP contribution in [0.3, 0.4) is 0 Å². The SMILES string of the molecule is CC1C(C(=O)O)CCN1C(=O)NCCNC(=O)N(C)C. The molecule has 0 aliphatic carbocycles. The third-order valence-corrected chi connectivity index (χ3v) is 3.42. The molecule has 2 atom stereocenters. The minimum atomic E-state index is -0.869. The van der Waals surface area contributed by atoms with Gasteiger partial charge in [-0.25, -0.2) is 9.59 Å². The van der Waals surface area contributed by atoms with Crippen LogP contribution in [-0.2, 0) is 4.79 Å². The van der Waals surface area contributed by atoms with Crippen LogP contribution in [0.25, 0.3) is 0 Å². The van der Waals surface area contributed by atoms with E-state index >= 15 is 0 Å². The summed E-state index contributed by atoms with van der Waals surface area (Å²) in [6, 6.07) is -0.830. The summed E-state index contributed by atoms with van der Waals surface area (Å²) in [4.78, 5) is 37.0. The van der Waals surface area contributed by atoms with Crippen LogP contribution in [0.1, 0.15) is 13.3 Å². The quantitative estimate of drug-likeness (QED) is 0.621. The molecule has 1 aliphatic heterocycles. The Kier molecular flexibility index (Phi) is 5.60. The molecule has 1 fully saturated rings. The third-order valence-electron chi connectivity index (χ3n) is 3.42. The number of aliphatic carboxylic acids is 1. The van der Waals surface area contributed by atoms with Crippen molar-refractivity contribution in [2.45, 2.75) is 19.4 Å². The first-order valence-corrected chi connectivity index (χ1v) is 6.57. The Morgan fingerprint density at radius 1 is 1.25 bits per heavy atom. The van der Waals surface area contributed by atoms with Gasteiger partial charge < -0.3 is 25.5 Å². The first-order valence-electron chi connectivity index (χ1n) is 6.57. The van der Waals surface area contributed by atoms with E-state index in [-0.39, 0.29) is 18.1 Å². The van der Waals surface area contributed by atoms with Gasteiger partial charge in [0.2, 0.25) is 0 Å². The van der Waals surface area contributed by atoms with E-state index < -0.39 is 11.9 Å². The summed E-state index contributed by atoms with van der Waals surface area (Å²) in [7, 11) is 3.26. The zero-order chi connectivity index (χ0) is 15.3. The number of carbonyl (C=O) groups is 3. The molecule has 0 spiro atoms. The molecule has 2 unspecified atom stereocenters. The molecule has 1 aliphatic rings. The molecule has 1 heterocycles. The predicted octanol–water partition coefficient (Wildman–Crippen LogP) is -0.238. The van der Waals surface area contributed by atoms with E-state index in [9.17, 15) is 14.4 Å². The first kappa shape index (κ1) is 16.1. The second-order valence-electron chi connectivity index (χ2n) is 5.03. The lowest BCUT2D eigenvalue weighted by molar-refractivity contribution is -0.142. The van der Waals surface area contributed by atoms with Crippen LogP contribution in [-0.4, -0.2) is 72.7 Å². The number of hydrogen-bond acceptors (Lipinski definition) is 3. The summed E-state index contributed by atoms with van der Waals surface area (Å²) >= 11 is 0. The molecule has 0 saturated carbocycles. The molecular weight excluding hydrogens is 264 g/mol. The molecule has 0 aromatic heterocycles. The smallest absolute Gasteiger partial charge is 0.317 e. The number of carbonyl (C=O) groups excluding carboxylic acids is 2. The van der Waals surface area contributed by atoms with Crippen LogP contribution in [0.5, 0.6) is 0 Å². The summed E-state index contributed by atoms with van der Waals surface area (Å²) in [5, 5.41) is 14.3. The number of likely N-dealkylation sites (tertiary alicyclic amines) is 1. The van der Waals surface area contributed by atoms with Gasteiger partial charge in [0, 0.05) is 39.8 Å². The van der Waals surface area contributed by atoms with E-state index in [0.29, 0.717) is 26.1 Å². The van der Waals surface area contributed by atoms with Crippen molar-refractivity contribution in [1.29, 1.82) is 0 Å². The molecule has 0 aromatic rings. The zero-order valence-electron chi connectivity index (χ0n) is 12.0. The highest BCUT2D eigenvalue weighted by Gasteiger charge is 2.37. The normalized spacial score (nSPS) is 21.4. The highest BCUT2D eigenvalue weighted by molar-refractivity contribution is 5.78. The van der Waals surface area contributed by atoms with Gasteiger partial charge >= 0.3 is 18.0 Å². The van der Waals surface area contributed by atoms with Gasteiger partial charge in [-0.05, 0) is 13.3 Å². The van der Waals surface area contributed by atoms with Crippen molar-refractivity contribution >= 4 is 18.0 Å². The van der Waals surface area contributed by atoms with Crippen molar-refractivity contribution in [2.24, 2.45) is 5.92 Å². The fourth-order valence-electron chi connectivity index (χ4n) is 2.16. The van der Waals surface area contributed by atoms with Gasteiger partial charge in [-0.2, -0.15) is 0 Å². The maximum atomic E-state index is 11.9. The van der Waals surface area contributed by atoms with E-state index in [2.05, 4.69) is 10.6 Å². The molecule has 20 heavy (non-hydrogen) atoms. The summed E-state index contributed by atoms with van der Waals surface area (Å²) in [5.41, 5.74) is 0. The van der Waals surface area contributed by atoms with Crippen molar-refractivity contribution in [3.63, 3.8) is 0 Å². The molecule has 0 bridgehead atoms. The highest BCUT2D eigenvalue weighted by Crippen LogP contribution is 2.23. The van der Waals surface area contributed by atoms with Crippen molar-refractivity contribution in [3.05, 3.63) is 0 Å². The van der Waals surface area contributed by atoms with Crippen LogP contribution in [0.2, 0.25) is 0 Å². The molecule has 114 valence electrons. The van der Waals surface area contributed by atoms with Crippen molar-refractivity contribution in [2.75, 3.05) is 33.7 Å². The molecule has 0 aromatic carbocycles. The summed E-state index contributed by atoms with van der Waals surface area (Å²) in [6.07, 6.45) is 0.473. The summed E-state index contributed by atoms with van der Waals surface area (Å²) < 4.78 is 0. The van der Waals surface area contributed by atoms with Crippen LogP contribution >= 0.6 is 0 Å². The first-order chi connectivity index (χ1) is 9.34. The van der Waals surface area contributed by atoms with Crippen LogP contribution < -0.4 is 10.6 Å². The lowest BCUT2D eigenvalue weighted by Gasteiger charge is -2.23. The number of hydrogen-bond donors (Lipinski definition) is 3. The average Bonchev–Trinajstić information content (AvgIpc) is 2.75. The van der Waals surface area contributed by atoms with Gasteiger partial charge in [-0.15, -0.1) is 0 Å². The van der Waals surface area contributed by atoms with Gasteiger partial charge in [-0.3, -0.25) is 4.79 Å². The van der Waals surface area contributed by atoms with E-state index in [0.717, 1.165) is 0 Å². The molecule has 8 heteroatoms. The fraction of sp³-hybridized carbons (Fsp3) is 0.750. The molecule has 0 radical (unpaired) electrons. The monoisotopic (exact) mass is 286 g/mol. The number of urea groups is 2. The number of amides is 4. The van der Waals surface area contributed by atoms with Crippen LogP contribution in [0.15, 0.2) is 0 Å². The summed E-state index contributed by atoms with van der Waals surface area (Å²) in [5.74, 6) is -1.37. The van der Waals surface area contributed by atoms with Crippen molar-refractivity contribution in [3.8, 4) is 0 Å². The lowest BCUT2D eigenvalue weighted by Crippen LogP contribution is -2.46. The third kappa shape index (κ3) is 4.01. The van der Waals surface area contributed by atoms with Gasteiger partial charge in [0.1, 0.15) is 0 Å². The Morgan fingerprint density at radius 3 is 2.35 bits per heavy atom. The Labute approximate surface area is 118 Å². The fourth-order valence-corrected chi connectivity index (χ4v) is 2.16. The molecule has 3 N–H and O–H groups in total. The minimum absolute atomic E-state index is 0.222. The number of carboxylic acid groups (broad SMARTS) is 1. The van der Waals surface area contributed by atoms with Gasteiger partial charge in [0.15, 0.2) is 0 Å². The number of rotatable bonds is 4. The number of nitrogens with zero attached hydrogens (tertiary/aromatic N) is 2. The molecule has 8 nitrogen and oxygen atoms in total. The second-order valence-corrected chi connectivity index (χ2v) is 5.03. The maximum Gasteiger partial charge on any atom is 0.317 e. The Balaban J connectivity index is 2.30. The Morgan fingerprint density at radius 2 is 1.85 bits per heavy atom. The standard InChI is InChI=1S/C12H22N4O4/c1-8-9(10(17)18)4-7-16(8)12(20)14-6-5-13-11(19)15(2)3/h8-9H,4-7H2,1-3H3,(H,13,19)(H,14,20)(H,17,18). The molecule has 4 amide bonds. The van der Waals surface area contributed by atoms with E-state index in [1.807, 2.05) is 0 Å². The molecule has 1 rings (SSSR count). The van der Waals surface area contributed by atoms with E-state index in [4.69, 9.17) is 5.11 Å². The zero-order valence-corrected chi connectivity index (χ0v) is 12.0. The topological polar surface area (TPSA) is 102 Å². The van der Waals surface area contributed by atoms with E-state index in [1.54, 1.807) is 21.0 Å². The minimum Gasteiger partial charge on any atom is -0.481 e. The van der Waals surface area contributed by atoms with Crippen molar-refractivity contribution in [1.82, 2.24) is 20.4 Å². The van der Waals surface area contributed by atoms with E-state index in [1.165, 1.54) is 9.80 Å². The number of carboxylic acids is 1. The largest absolute Gasteiger partial charge is 0.481 e. The highest BCUT2D eigenvalue weighted by atomic mass is 16.4. The number of nitrogens with one attached hydrogen (secondary N) is 2. The van der Waals surface area contributed by atoms with Gasteiger partial charge in [0.05, 0.1) is 5.92 Å². The second kappa shape index (κ2) is 6.97. The predicted molar refractivity (Wildman–Crippen MR) is 72.4 cm³/mol. The van der Waals surface area contributed by atoms with Crippen LogP contribution in [0, 0.1) is 5.92 Å². The summed E-state index contributed by atoms with van der Waals surface area (Å²) in [6.45, 7) is 2.81. The Bertz CT molecular complexity index is 386. The molecular formula is C12H22N4O4. The van der Waals surface area contributed by atoms with Crippen LogP contribution in [0.4, 0.5) is 9.59 Å². The van der Waals surface area contributed by atoms with Gasteiger partial charge in [-0.1, -0.05) is 0 Å².